The van der Waals surface area contributed by atoms with E-state index >= 15 is 0 Å². The molecule has 1 aliphatic carbocycles. The van der Waals surface area contributed by atoms with E-state index < -0.39 is 0 Å². The maximum Gasteiger partial charge on any atom is 0.250 e. The zero-order chi connectivity index (χ0) is 23.3. The molecule has 1 aromatic rings. The largest absolute Gasteiger partial charge is 0.394 e. The van der Waals surface area contributed by atoms with Crippen molar-refractivity contribution < 1.29 is 14.7 Å². The van der Waals surface area contributed by atoms with Crippen LogP contribution in [0.25, 0.3) is 0 Å². The van der Waals surface area contributed by atoms with Gasteiger partial charge in [-0.15, -0.1) is 0 Å². The van der Waals surface area contributed by atoms with Crippen molar-refractivity contribution in [3.8, 4) is 0 Å². The fourth-order valence-corrected chi connectivity index (χ4v) is 4.67. The summed E-state index contributed by atoms with van der Waals surface area (Å²) in [5, 5.41) is 9.70. The molecule has 2 heterocycles. The quantitative estimate of drug-likeness (QED) is 0.626. The van der Waals surface area contributed by atoms with Crippen LogP contribution >= 0.6 is 0 Å². The molecule has 1 amide bonds. The van der Waals surface area contributed by atoms with E-state index in [-0.39, 0.29) is 18.6 Å². The van der Waals surface area contributed by atoms with Crippen LogP contribution in [0.4, 0.5) is 5.82 Å². The molecule has 32 heavy (non-hydrogen) atoms. The van der Waals surface area contributed by atoms with Crippen LogP contribution in [0.3, 0.4) is 0 Å². The molecule has 7 nitrogen and oxygen atoms in total. The summed E-state index contributed by atoms with van der Waals surface area (Å²) >= 11 is 0. The minimum Gasteiger partial charge on any atom is -0.394 e. The van der Waals surface area contributed by atoms with Crippen molar-refractivity contribution in [1.82, 2.24) is 14.8 Å². The number of aldehydes is 1. The highest BCUT2D eigenvalue weighted by atomic mass is 16.3. The van der Waals surface area contributed by atoms with E-state index in [2.05, 4.69) is 33.8 Å². The lowest BCUT2D eigenvalue weighted by Crippen LogP contribution is -2.49. The van der Waals surface area contributed by atoms with E-state index in [1.807, 2.05) is 32.0 Å². The number of carbonyl (C=O) groups is 2. The lowest BCUT2D eigenvalue weighted by Gasteiger charge is -2.37. The van der Waals surface area contributed by atoms with Gasteiger partial charge in [0.2, 0.25) is 5.91 Å². The van der Waals surface area contributed by atoms with E-state index in [0.29, 0.717) is 32.4 Å². The Morgan fingerprint density at radius 1 is 1.22 bits per heavy atom. The molecule has 1 aromatic heterocycles. The Labute approximate surface area is 191 Å². The van der Waals surface area contributed by atoms with E-state index in [9.17, 15) is 14.7 Å². The predicted molar refractivity (Wildman–Crippen MR) is 126 cm³/mol. The van der Waals surface area contributed by atoms with Crippen LogP contribution in [0.5, 0.6) is 0 Å². The lowest BCUT2D eigenvalue weighted by atomic mass is 9.93. The van der Waals surface area contributed by atoms with E-state index in [1.54, 1.807) is 0 Å². The van der Waals surface area contributed by atoms with Gasteiger partial charge in [0, 0.05) is 57.1 Å². The second-order valence-corrected chi connectivity index (χ2v) is 8.92. The first-order valence-corrected chi connectivity index (χ1v) is 11.5. The average Bonchev–Trinajstić information content (AvgIpc) is 2.79. The van der Waals surface area contributed by atoms with Gasteiger partial charge in [0.15, 0.2) is 0 Å². The fraction of sp³-hybridized carbons (Fsp3) is 0.560. The molecular formula is C25H36N4O3. The van der Waals surface area contributed by atoms with E-state index in [1.165, 1.54) is 5.56 Å². The van der Waals surface area contributed by atoms with Crippen LogP contribution in [0.2, 0.25) is 0 Å². The minimum atomic E-state index is -0.0802. The summed E-state index contributed by atoms with van der Waals surface area (Å²) in [5.74, 6) is 1.15. The number of anilines is 1. The summed E-state index contributed by atoms with van der Waals surface area (Å²) in [6, 6.07) is 2.07. The summed E-state index contributed by atoms with van der Waals surface area (Å²) in [5.41, 5.74) is 5.32. The highest BCUT2D eigenvalue weighted by Gasteiger charge is 2.28. The van der Waals surface area contributed by atoms with Crippen LogP contribution in [0, 0.1) is 13.8 Å². The first kappa shape index (κ1) is 24.0. The molecule has 1 aliphatic heterocycles. The summed E-state index contributed by atoms with van der Waals surface area (Å²) in [6.07, 6.45) is 7.38. The number of aryl methyl sites for hydroxylation is 2. The highest BCUT2D eigenvalue weighted by molar-refractivity contribution is 5.95. The molecule has 1 atom stereocenters. The number of aliphatic hydroxyl groups excluding tert-OH is 1. The van der Waals surface area contributed by atoms with Crippen LogP contribution < -0.4 is 4.90 Å². The van der Waals surface area contributed by atoms with Crippen LogP contribution in [0.1, 0.15) is 43.7 Å². The Hall–Kier alpha value is -2.67. The third-order valence-electron chi connectivity index (χ3n) is 6.63. The SMILES string of the molecule is CC1=C(C(=O)N2CCN(c3ncc(C)cc3C)CC2)CCC(N(C)[C@H](CO)CCC=O)=C1. The number of likely N-dealkylation sites (N-methyl/N-ethyl adjacent to an activating group) is 1. The average molecular weight is 441 g/mol. The molecule has 3 rings (SSSR count). The summed E-state index contributed by atoms with van der Waals surface area (Å²) in [6.45, 7) is 9.10. The molecule has 0 radical (unpaired) electrons. The topological polar surface area (TPSA) is 77.0 Å². The Balaban J connectivity index is 1.64. The van der Waals surface area contributed by atoms with Crippen molar-refractivity contribution in [2.45, 2.75) is 52.5 Å². The number of aliphatic hydroxyl groups is 1. The van der Waals surface area contributed by atoms with Crippen LogP contribution in [-0.4, -0.2) is 78.0 Å². The number of rotatable bonds is 8. The Morgan fingerprint density at radius 2 is 1.94 bits per heavy atom. The molecule has 0 spiro atoms. The molecule has 0 unspecified atom stereocenters. The van der Waals surface area contributed by atoms with Gasteiger partial charge in [-0.1, -0.05) is 6.07 Å². The monoisotopic (exact) mass is 440 g/mol. The summed E-state index contributed by atoms with van der Waals surface area (Å²) < 4.78 is 0. The number of nitrogens with zero attached hydrogens (tertiary/aromatic N) is 4. The molecular weight excluding hydrogens is 404 g/mol. The second-order valence-electron chi connectivity index (χ2n) is 8.92. The number of allylic oxidation sites excluding steroid dienone is 3. The Bertz CT molecular complexity index is 900. The zero-order valence-corrected chi connectivity index (χ0v) is 19.8. The van der Waals surface area contributed by atoms with Gasteiger partial charge in [0.1, 0.15) is 12.1 Å². The number of hydrogen-bond donors (Lipinski definition) is 1. The lowest BCUT2D eigenvalue weighted by molar-refractivity contribution is -0.127. The number of amides is 1. The zero-order valence-electron chi connectivity index (χ0n) is 19.8. The third kappa shape index (κ3) is 5.38. The van der Waals surface area contributed by atoms with E-state index in [4.69, 9.17) is 0 Å². The number of pyridine rings is 1. The predicted octanol–water partition coefficient (Wildman–Crippen LogP) is 2.61. The van der Waals surface area contributed by atoms with Gasteiger partial charge in [-0.05, 0) is 62.8 Å². The molecule has 7 heteroatoms. The van der Waals surface area contributed by atoms with Gasteiger partial charge in [-0.2, -0.15) is 0 Å². The van der Waals surface area contributed by atoms with Crippen LogP contribution in [-0.2, 0) is 9.59 Å². The maximum atomic E-state index is 13.2. The van der Waals surface area contributed by atoms with Crippen LogP contribution in [0.15, 0.2) is 35.2 Å². The standard InChI is InChI=1S/C25H36N4O3/c1-18-14-20(3)24(26-16-18)28-9-11-29(12-10-28)25(32)23-8-7-21(15-19(23)2)27(4)22(17-31)6-5-13-30/h13-16,22,31H,5-12,17H2,1-4H3/t22-/m0/s1. The van der Waals surface area contributed by atoms with Gasteiger partial charge < -0.3 is 24.6 Å². The normalized spacial score (nSPS) is 17.8. The van der Waals surface area contributed by atoms with E-state index in [0.717, 1.165) is 54.0 Å². The van der Waals surface area contributed by atoms with Gasteiger partial charge in [0.05, 0.1) is 12.6 Å². The van der Waals surface area contributed by atoms with Crippen molar-refractivity contribution in [3.05, 3.63) is 46.3 Å². The number of aromatic nitrogens is 1. The molecule has 2 aliphatic rings. The summed E-state index contributed by atoms with van der Waals surface area (Å²) in [4.78, 5) is 34.8. The molecule has 1 N–H and O–H groups in total. The van der Waals surface area contributed by atoms with Gasteiger partial charge in [-0.25, -0.2) is 4.98 Å². The molecule has 0 aromatic carbocycles. The smallest absolute Gasteiger partial charge is 0.250 e. The van der Waals surface area contributed by atoms with Crippen molar-refractivity contribution >= 4 is 18.0 Å². The van der Waals surface area contributed by atoms with Gasteiger partial charge in [0.25, 0.3) is 0 Å². The second kappa shape index (κ2) is 10.8. The Morgan fingerprint density at radius 3 is 2.53 bits per heavy atom. The molecule has 0 saturated carbocycles. The molecule has 1 saturated heterocycles. The third-order valence-corrected chi connectivity index (χ3v) is 6.63. The highest BCUT2D eigenvalue weighted by Crippen LogP contribution is 2.29. The molecule has 0 bridgehead atoms. The molecule has 174 valence electrons. The number of hydrogen-bond acceptors (Lipinski definition) is 6. The van der Waals surface area contributed by atoms with Gasteiger partial charge >= 0.3 is 0 Å². The molecule has 1 fully saturated rings. The van der Waals surface area contributed by atoms with Crippen molar-refractivity contribution in [3.63, 3.8) is 0 Å². The number of piperazine rings is 1. The van der Waals surface area contributed by atoms with Crippen molar-refractivity contribution in [1.29, 1.82) is 0 Å². The fourth-order valence-electron chi connectivity index (χ4n) is 4.67. The number of carbonyl (C=O) groups excluding carboxylic acids is 2. The maximum absolute atomic E-state index is 13.2. The first-order chi connectivity index (χ1) is 15.3. The van der Waals surface area contributed by atoms with Gasteiger partial charge in [-0.3, -0.25) is 4.79 Å². The first-order valence-electron chi connectivity index (χ1n) is 11.5. The minimum absolute atomic E-state index is 0.00974. The van der Waals surface area contributed by atoms with Crippen molar-refractivity contribution in [2.24, 2.45) is 0 Å². The summed E-state index contributed by atoms with van der Waals surface area (Å²) in [7, 11) is 1.96. The van der Waals surface area contributed by atoms with Crippen molar-refractivity contribution in [2.75, 3.05) is 44.7 Å². The Kier molecular flexibility index (Phi) is 8.07.